The first-order chi connectivity index (χ1) is 7.83. The number of anilines is 1. The van der Waals surface area contributed by atoms with Crippen molar-refractivity contribution in [2.24, 2.45) is 0 Å². The summed E-state index contributed by atoms with van der Waals surface area (Å²) in [6, 6.07) is 2.46. The molecule has 1 heterocycles. The monoisotopic (exact) mass is 246 g/mol. The van der Waals surface area contributed by atoms with E-state index in [4.69, 9.17) is 5.26 Å². The molecular weight excluding hydrogens is 241 g/mol. The number of nitro groups is 1. The minimum Gasteiger partial charge on any atom is -0.355 e. The van der Waals surface area contributed by atoms with Crippen LogP contribution in [0.1, 0.15) is 5.56 Å². The van der Waals surface area contributed by atoms with Crippen LogP contribution in [0.5, 0.6) is 0 Å². The van der Waals surface area contributed by atoms with Crippen molar-refractivity contribution in [2.45, 2.75) is 6.18 Å². The standard InChI is InChI=1S/C8H5F3N4O2/c9-8(10,11)4-14-7-6(15(16)17)1-5(2-12)3-13-7/h1,3H,4H2,(H,13,14). The van der Waals surface area contributed by atoms with E-state index in [0.717, 1.165) is 12.3 Å². The van der Waals surface area contributed by atoms with Crippen LogP contribution in [0.3, 0.4) is 0 Å². The smallest absolute Gasteiger partial charge is 0.355 e. The third-order valence-corrected chi connectivity index (χ3v) is 1.65. The molecule has 1 aromatic heterocycles. The fourth-order valence-corrected chi connectivity index (χ4v) is 0.974. The molecule has 0 unspecified atom stereocenters. The van der Waals surface area contributed by atoms with Gasteiger partial charge in [-0.2, -0.15) is 18.4 Å². The predicted molar refractivity (Wildman–Crippen MR) is 50.2 cm³/mol. The number of hydrogen-bond acceptors (Lipinski definition) is 5. The quantitative estimate of drug-likeness (QED) is 0.648. The largest absolute Gasteiger partial charge is 0.405 e. The van der Waals surface area contributed by atoms with Gasteiger partial charge in [-0.05, 0) is 0 Å². The van der Waals surface area contributed by atoms with Gasteiger partial charge in [0.2, 0.25) is 5.82 Å². The topological polar surface area (TPSA) is 91.8 Å². The van der Waals surface area contributed by atoms with Crippen molar-refractivity contribution in [3.8, 4) is 6.07 Å². The number of nitrogens with one attached hydrogen (secondary N) is 1. The molecule has 1 rings (SSSR count). The molecule has 1 N–H and O–H groups in total. The molecule has 0 bridgehead atoms. The van der Waals surface area contributed by atoms with Gasteiger partial charge in [-0.3, -0.25) is 10.1 Å². The van der Waals surface area contributed by atoms with Gasteiger partial charge in [-0.25, -0.2) is 4.98 Å². The average molecular weight is 246 g/mol. The third kappa shape index (κ3) is 3.60. The fraction of sp³-hybridized carbons (Fsp3) is 0.250. The first kappa shape index (κ1) is 12.7. The summed E-state index contributed by atoms with van der Waals surface area (Å²) >= 11 is 0. The highest BCUT2D eigenvalue weighted by Crippen LogP contribution is 2.24. The summed E-state index contributed by atoms with van der Waals surface area (Å²) in [4.78, 5) is 13.0. The van der Waals surface area contributed by atoms with Crippen LogP contribution in [-0.2, 0) is 0 Å². The molecule has 0 saturated carbocycles. The molecular formula is C8H5F3N4O2. The molecule has 0 aromatic carbocycles. The van der Waals surface area contributed by atoms with E-state index in [9.17, 15) is 23.3 Å². The average Bonchev–Trinajstić information content (AvgIpc) is 2.25. The van der Waals surface area contributed by atoms with Crippen LogP contribution in [-0.4, -0.2) is 22.6 Å². The van der Waals surface area contributed by atoms with Gasteiger partial charge < -0.3 is 5.32 Å². The highest BCUT2D eigenvalue weighted by Gasteiger charge is 2.28. The zero-order valence-electron chi connectivity index (χ0n) is 8.15. The summed E-state index contributed by atoms with van der Waals surface area (Å²) in [5, 5.41) is 20.8. The molecule has 0 radical (unpaired) electrons. The zero-order valence-corrected chi connectivity index (χ0v) is 8.15. The Morgan fingerprint density at radius 2 is 2.24 bits per heavy atom. The van der Waals surface area contributed by atoms with E-state index in [2.05, 4.69) is 4.98 Å². The van der Waals surface area contributed by atoms with Crippen LogP contribution in [0.2, 0.25) is 0 Å². The van der Waals surface area contributed by atoms with E-state index in [0.29, 0.717) is 0 Å². The van der Waals surface area contributed by atoms with E-state index >= 15 is 0 Å². The van der Waals surface area contributed by atoms with Crippen molar-refractivity contribution < 1.29 is 18.1 Å². The number of nitrogens with zero attached hydrogens (tertiary/aromatic N) is 3. The number of aromatic nitrogens is 1. The lowest BCUT2D eigenvalue weighted by atomic mass is 10.3. The maximum Gasteiger partial charge on any atom is 0.405 e. The lowest BCUT2D eigenvalue weighted by Crippen LogP contribution is -2.22. The molecule has 0 atom stereocenters. The van der Waals surface area contributed by atoms with Crippen LogP contribution >= 0.6 is 0 Å². The summed E-state index contributed by atoms with van der Waals surface area (Å²) in [6.45, 7) is -1.44. The van der Waals surface area contributed by atoms with E-state index in [1.807, 2.05) is 0 Å². The van der Waals surface area contributed by atoms with Gasteiger partial charge in [0.1, 0.15) is 12.6 Å². The Morgan fingerprint density at radius 3 is 2.71 bits per heavy atom. The van der Waals surface area contributed by atoms with Crippen LogP contribution in [0.15, 0.2) is 12.3 Å². The summed E-state index contributed by atoms with van der Waals surface area (Å²) in [5.41, 5.74) is -0.775. The summed E-state index contributed by atoms with van der Waals surface area (Å²) in [7, 11) is 0. The molecule has 0 amide bonds. The number of hydrogen-bond donors (Lipinski definition) is 1. The minimum atomic E-state index is -4.51. The second kappa shape index (κ2) is 4.65. The normalized spacial score (nSPS) is 10.7. The summed E-state index contributed by atoms with van der Waals surface area (Å²) in [5.74, 6) is -0.522. The van der Waals surface area contributed by atoms with Crippen molar-refractivity contribution >= 4 is 11.5 Å². The molecule has 0 aliphatic carbocycles. The lowest BCUT2D eigenvalue weighted by molar-refractivity contribution is -0.384. The second-order valence-electron chi connectivity index (χ2n) is 2.93. The number of rotatable bonds is 3. The molecule has 0 saturated heterocycles. The molecule has 90 valence electrons. The SMILES string of the molecule is N#Cc1cnc(NCC(F)(F)F)c([N+](=O)[O-])c1. The number of halogens is 3. The van der Waals surface area contributed by atoms with E-state index < -0.39 is 29.1 Å². The lowest BCUT2D eigenvalue weighted by Gasteiger charge is -2.08. The van der Waals surface area contributed by atoms with Crippen LogP contribution in [0.4, 0.5) is 24.7 Å². The molecule has 0 aliphatic heterocycles. The van der Waals surface area contributed by atoms with Gasteiger partial charge in [0.15, 0.2) is 0 Å². The highest BCUT2D eigenvalue weighted by molar-refractivity contribution is 5.58. The van der Waals surface area contributed by atoms with Crippen LogP contribution in [0.25, 0.3) is 0 Å². The van der Waals surface area contributed by atoms with E-state index in [1.165, 1.54) is 0 Å². The summed E-state index contributed by atoms with van der Waals surface area (Å²) < 4.78 is 35.7. The number of nitriles is 1. The molecule has 17 heavy (non-hydrogen) atoms. The first-order valence-corrected chi connectivity index (χ1v) is 4.18. The maximum atomic E-state index is 11.9. The molecule has 1 aromatic rings. The highest BCUT2D eigenvalue weighted by atomic mass is 19.4. The molecule has 9 heteroatoms. The first-order valence-electron chi connectivity index (χ1n) is 4.18. The van der Waals surface area contributed by atoms with Gasteiger partial charge in [0, 0.05) is 12.3 Å². The number of pyridine rings is 1. The molecule has 0 spiro atoms. The van der Waals surface area contributed by atoms with Crippen molar-refractivity contribution in [1.29, 1.82) is 5.26 Å². The molecule has 0 fully saturated rings. The van der Waals surface area contributed by atoms with Crippen molar-refractivity contribution in [3.63, 3.8) is 0 Å². The van der Waals surface area contributed by atoms with Gasteiger partial charge in [-0.1, -0.05) is 0 Å². The van der Waals surface area contributed by atoms with Gasteiger partial charge in [-0.15, -0.1) is 0 Å². The van der Waals surface area contributed by atoms with Crippen LogP contribution < -0.4 is 5.32 Å². The maximum absolute atomic E-state index is 11.9. The molecule has 0 aliphatic rings. The Bertz CT molecular complexity index is 481. The van der Waals surface area contributed by atoms with Crippen molar-refractivity contribution in [1.82, 2.24) is 4.98 Å². The van der Waals surface area contributed by atoms with Gasteiger partial charge >= 0.3 is 11.9 Å². The van der Waals surface area contributed by atoms with Gasteiger partial charge in [0.25, 0.3) is 0 Å². The molecule has 6 nitrogen and oxygen atoms in total. The Hall–Kier alpha value is -2.37. The zero-order chi connectivity index (χ0) is 13.1. The number of alkyl halides is 3. The predicted octanol–water partition coefficient (Wildman–Crippen LogP) is 1.84. The van der Waals surface area contributed by atoms with Crippen molar-refractivity contribution in [3.05, 3.63) is 27.9 Å². The Balaban J connectivity index is 3.00. The van der Waals surface area contributed by atoms with E-state index in [1.54, 1.807) is 11.4 Å². The Morgan fingerprint density at radius 1 is 1.59 bits per heavy atom. The Kier molecular flexibility index (Phi) is 3.47. The summed E-state index contributed by atoms with van der Waals surface area (Å²) in [6.07, 6.45) is -3.56. The fourth-order valence-electron chi connectivity index (χ4n) is 0.974. The Labute approximate surface area is 92.8 Å². The van der Waals surface area contributed by atoms with Crippen LogP contribution in [0, 0.1) is 21.4 Å². The third-order valence-electron chi connectivity index (χ3n) is 1.65. The van der Waals surface area contributed by atoms with Crippen molar-refractivity contribution in [2.75, 3.05) is 11.9 Å². The van der Waals surface area contributed by atoms with E-state index in [-0.39, 0.29) is 5.56 Å². The second-order valence-corrected chi connectivity index (χ2v) is 2.93. The minimum absolute atomic E-state index is 0.103. The van der Waals surface area contributed by atoms with Gasteiger partial charge in [0.05, 0.1) is 10.5 Å².